The lowest BCUT2D eigenvalue weighted by atomic mass is 10.1. The molecule has 0 amide bonds. The maximum atomic E-state index is 12.5. The Labute approximate surface area is 102 Å². The molecule has 0 fully saturated rings. The van der Waals surface area contributed by atoms with E-state index in [1.807, 2.05) is 0 Å². The number of alkyl halides is 3. The highest BCUT2D eigenvalue weighted by Gasteiger charge is 2.32. The number of aromatic hydroxyl groups is 1. The molecule has 0 saturated heterocycles. The van der Waals surface area contributed by atoms with Crippen molar-refractivity contribution in [3.63, 3.8) is 0 Å². The van der Waals surface area contributed by atoms with Crippen LogP contribution in [0.2, 0.25) is 0 Å². The molecule has 1 aromatic heterocycles. The molecule has 0 atom stereocenters. The Hall–Kier alpha value is -2.04. The molecule has 0 radical (unpaired) electrons. The van der Waals surface area contributed by atoms with Crippen LogP contribution in [-0.2, 0) is 6.18 Å². The van der Waals surface area contributed by atoms with Gasteiger partial charge in [-0.05, 0) is 42.8 Å². The van der Waals surface area contributed by atoms with Crippen molar-refractivity contribution in [2.45, 2.75) is 13.1 Å². The molecule has 0 saturated carbocycles. The van der Waals surface area contributed by atoms with Gasteiger partial charge in [-0.25, -0.2) is 4.98 Å². The first kappa shape index (κ1) is 12.4. The maximum absolute atomic E-state index is 12.5. The molecule has 5 heteroatoms. The summed E-state index contributed by atoms with van der Waals surface area (Å²) in [7, 11) is 0. The molecule has 1 N–H and O–H groups in total. The largest absolute Gasteiger partial charge is 0.508 e. The number of aromatic nitrogens is 1. The van der Waals surface area contributed by atoms with E-state index in [9.17, 15) is 18.3 Å². The Balaban J connectivity index is 2.48. The van der Waals surface area contributed by atoms with E-state index >= 15 is 0 Å². The fraction of sp³-hybridized carbons (Fsp3) is 0.154. The quantitative estimate of drug-likeness (QED) is 0.838. The number of hydrogen-bond donors (Lipinski definition) is 1. The molecule has 2 nitrogen and oxygen atoms in total. The van der Waals surface area contributed by atoms with Crippen LogP contribution >= 0.6 is 0 Å². The summed E-state index contributed by atoms with van der Waals surface area (Å²) in [6.07, 6.45) is -4.46. The molecular weight excluding hydrogens is 243 g/mol. The SMILES string of the molecule is Cc1cc(-c2cccc(C(F)(F)F)n2)ccc1O. The van der Waals surface area contributed by atoms with Crippen LogP contribution in [-0.4, -0.2) is 10.1 Å². The van der Waals surface area contributed by atoms with E-state index in [2.05, 4.69) is 4.98 Å². The van der Waals surface area contributed by atoms with E-state index < -0.39 is 11.9 Å². The molecule has 1 heterocycles. The first-order valence-corrected chi connectivity index (χ1v) is 5.22. The summed E-state index contributed by atoms with van der Waals surface area (Å²) in [5.74, 6) is 0.103. The molecule has 0 aliphatic carbocycles. The van der Waals surface area contributed by atoms with Crippen LogP contribution in [0.4, 0.5) is 13.2 Å². The zero-order valence-electron chi connectivity index (χ0n) is 9.49. The standard InChI is InChI=1S/C13H10F3NO/c1-8-7-9(5-6-11(8)18)10-3-2-4-12(17-10)13(14,15)16/h2-7,18H,1H3. The average molecular weight is 253 g/mol. The fourth-order valence-corrected chi connectivity index (χ4v) is 1.57. The number of phenols is 1. The Kier molecular flexibility index (Phi) is 2.98. The van der Waals surface area contributed by atoms with E-state index in [0.717, 1.165) is 6.07 Å². The summed E-state index contributed by atoms with van der Waals surface area (Å²) in [6, 6.07) is 8.31. The van der Waals surface area contributed by atoms with E-state index in [-0.39, 0.29) is 11.4 Å². The van der Waals surface area contributed by atoms with Crippen LogP contribution < -0.4 is 0 Å². The number of hydrogen-bond acceptors (Lipinski definition) is 2. The van der Waals surface area contributed by atoms with Crippen LogP contribution in [0, 0.1) is 6.92 Å². The van der Waals surface area contributed by atoms with Gasteiger partial charge in [-0.3, -0.25) is 0 Å². The molecule has 0 spiro atoms. The van der Waals surface area contributed by atoms with Gasteiger partial charge in [0.2, 0.25) is 0 Å². The number of rotatable bonds is 1. The van der Waals surface area contributed by atoms with E-state index in [1.165, 1.54) is 24.3 Å². The third kappa shape index (κ3) is 2.45. The molecule has 94 valence electrons. The van der Waals surface area contributed by atoms with Gasteiger partial charge in [-0.1, -0.05) is 6.07 Å². The highest BCUT2D eigenvalue weighted by atomic mass is 19.4. The van der Waals surface area contributed by atoms with Crippen molar-refractivity contribution in [1.82, 2.24) is 4.98 Å². The number of pyridine rings is 1. The lowest BCUT2D eigenvalue weighted by molar-refractivity contribution is -0.141. The third-order valence-electron chi connectivity index (χ3n) is 2.53. The van der Waals surface area contributed by atoms with E-state index in [1.54, 1.807) is 13.0 Å². The molecule has 0 bridgehead atoms. The molecule has 1 aromatic carbocycles. The fourth-order valence-electron chi connectivity index (χ4n) is 1.57. The van der Waals surface area contributed by atoms with Crippen molar-refractivity contribution >= 4 is 0 Å². The second-order valence-corrected chi connectivity index (χ2v) is 3.91. The van der Waals surface area contributed by atoms with Gasteiger partial charge in [0.1, 0.15) is 11.4 Å². The predicted molar refractivity (Wildman–Crippen MR) is 61.1 cm³/mol. The average Bonchev–Trinajstić information content (AvgIpc) is 2.32. The van der Waals surface area contributed by atoms with Gasteiger partial charge in [0.15, 0.2) is 0 Å². The summed E-state index contributed by atoms with van der Waals surface area (Å²) in [5, 5.41) is 9.37. The minimum absolute atomic E-state index is 0.103. The van der Waals surface area contributed by atoms with Crippen molar-refractivity contribution < 1.29 is 18.3 Å². The Morgan fingerprint density at radius 2 is 1.83 bits per heavy atom. The monoisotopic (exact) mass is 253 g/mol. The lowest BCUT2D eigenvalue weighted by Crippen LogP contribution is -2.07. The maximum Gasteiger partial charge on any atom is 0.433 e. The Bertz CT molecular complexity index is 579. The zero-order valence-corrected chi connectivity index (χ0v) is 9.49. The van der Waals surface area contributed by atoms with Crippen molar-refractivity contribution in [3.8, 4) is 17.0 Å². The van der Waals surface area contributed by atoms with Crippen LogP contribution in [0.3, 0.4) is 0 Å². The van der Waals surface area contributed by atoms with Crippen LogP contribution in [0.25, 0.3) is 11.3 Å². The zero-order chi connectivity index (χ0) is 13.3. The van der Waals surface area contributed by atoms with E-state index in [4.69, 9.17) is 0 Å². The summed E-state index contributed by atoms with van der Waals surface area (Å²) in [4.78, 5) is 3.58. The first-order valence-electron chi connectivity index (χ1n) is 5.22. The highest BCUT2D eigenvalue weighted by molar-refractivity contribution is 5.62. The van der Waals surface area contributed by atoms with Crippen molar-refractivity contribution in [1.29, 1.82) is 0 Å². The Morgan fingerprint density at radius 1 is 1.11 bits per heavy atom. The summed E-state index contributed by atoms with van der Waals surface area (Å²) in [5.41, 5.74) is 0.432. The van der Waals surface area contributed by atoms with Gasteiger partial charge in [0, 0.05) is 5.56 Å². The van der Waals surface area contributed by atoms with Gasteiger partial charge in [-0.2, -0.15) is 13.2 Å². The van der Waals surface area contributed by atoms with Gasteiger partial charge in [0.05, 0.1) is 5.69 Å². The van der Waals surface area contributed by atoms with Crippen LogP contribution in [0.15, 0.2) is 36.4 Å². The number of phenolic OH excluding ortho intramolecular Hbond substituents is 1. The molecule has 18 heavy (non-hydrogen) atoms. The number of benzene rings is 1. The van der Waals surface area contributed by atoms with Crippen LogP contribution in [0.5, 0.6) is 5.75 Å². The minimum atomic E-state index is -4.46. The van der Waals surface area contributed by atoms with Gasteiger partial charge >= 0.3 is 6.18 Å². The summed E-state index contributed by atoms with van der Waals surface area (Å²) >= 11 is 0. The highest BCUT2D eigenvalue weighted by Crippen LogP contribution is 2.30. The van der Waals surface area contributed by atoms with Crippen molar-refractivity contribution in [2.24, 2.45) is 0 Å². The van der Waals surface area contributed by atoms with Gasteiger partial charge in [-0.15, -0.1) is 0 Å². The molecule has 2 rings (SSSR count). The number of halogens is 3. The first-order chi connectivity index (χ1) is 8.38. The second-order valence-electron chi connectivity index (χ2n) is 3.91. The van der Waals surface area contributed by atoms with Crippen LogP contribution in [0.1, 0.15) is 11.3 Å². The van der Waals surface area contributed by atoms with Crippen molar-refractivity contribution in [3.05, 3.63) is 47.7 Å². The minimum Gasteiger partial charge on any atom is -0.508 e. The van der Waals surface area contributed by atoms with Gasteiger partial charge in [0.25, 0.3) is 0 Å². The smallest absolute Gasteiger partial charge is 0.433 e. The normalized spacial score (nSPS) is 11.6. The molecule has 2 aromatic rings. The predicted octanol–water partition coefficient (Wildman–Crippen LogP) is 3.78. The molecule has 0 aliphatic heterocycles. The van der Waals surface area contributed by atoms with Crippen molar-refractivity contribution in [2.75, 3.05) is 0 Å². The number of aryl methyl sites for hydroxylation is 1. The molecule has 0 aliphatic rings. The summed E-state index contributed by atoms with van der Waals surface area (Å²) < 4.78 is 37.6. The summed E-state index contributed by atoms with van der Waals surface area (Å²) in [6.45, 7) is 1.67. The number of nitrogens with zero attached hydrogens (tertiary/aromatic N) is 1. The molecule has 0 unspecified atom stereocenters. The molecular formula is C13H10F3NO. The second kappa shape index (κ2) is 4.33. The lowest BCUT2D eigenvalue weighted by Gasteiger charge is -2.08. The Morgan fingerprint density at radius 3 is 2.44 bits per heavy atom. The topological polar surface area (TPSA) is 33.1 Å². The van der Waals surface area contributed by atoms with Gasteiger partial charge < -0.3 is 5.11 Å². The third-order valence-corrected chi connectivity index (χ3v) is 2.53. The van der Waals surface area contributed by atoms with E-state index in [0.29, 0.717) is 11.1 Å².